The van der Waals surface area contributed by atoms with Crippen LogP contribution < -0.4 is 0 Å². The average molecular weight is 550 g/mol. The topological polar surface area (TPSA) is 99.0 Å². The Morgan fingerprint density at radius 2 is 1.35 bits per heavy atom. The van der Waals surface area contributed by atoms with Gasteiger partial charge in [0.1, 0.15) is 26.3 Å². The minimum atomic E-state index is -0.658. The Bertz CT molecular complexity index is 328. The Morgan fingerprint density at radius 3 is 1.60 bits per heavy atom. The van der Waals surface area contributed by atoms with Crippen molar-refractivity contribution < 1.29 is 24.1 Å². The first-order valence-electron chi connectivity index (χ1n) is 5.04. The van der Waals surface area contributed by atoms with Gasteiger partial charge in [-0.2, -0.15) is 0 Å². The molecule has 0 amide bonds. The predicted molar refractivity (Wildman–Crippen MR) is 83.8 cm³/mol. The molecule has 12 heteroatoms. The summed E-state index contributed by atoms with van der Waals surface area (Å²) >= 11 is 11.7. The summed E-state index contributed by atoms with van der Waals surface area (Å²) in [4.78, 5) is 32.9. The van der Waals surface area contributed by atoms with Crippen LogP contribution in [0.2, 0.25) is 0 Å². The quantitative estimate of drug-likeness (QED) is 0.187. The van der Waals surface area contributed by atoms with Crippen LogP contribution >= 0.6 is 63.7 Å². The van der Waals surface area contributed by atoms with Crippen molar-refractivity contribution >= 4 is 75.7 Å². The van der Waals surface area contributed by atoms with Crippen molar-refractivity contribution in [3.05, 3.63) is 10.1 Å². The molecule has 0 aliphatic heterocycles. The number of nitrogens with zero attached hydrogens (tertiary/aromatic N) is 2. The van der Waals surface area contributed by atoms with Crippen LogP contribution in [0.3, 0.4) is 0 Å². The molecule has 0 rings (SSSR count). The molecular weight excluding hydrogens is 540 g/mol. The minimum absolute atomic E-state index is 0.116. The second-order valence-corrected chi connectivity index (χ2v) is 9.25. The number of carbonyl (C=O) groups is 2. The third-order valence-electron chi connectivity index (χ3n) is 1.77. The summed E-state index contributed by atoms with van der Waals surface area (Å²) in [5.74, 6) is -1.16. The van der Waals surface area contributed by atoms with Crippen molar-refractivity contribution in [1.82, 2.24) is 5.01 Å². The van der Waals surface area contributed by atoms with Gasteiger partial charge in [0.2, 0.25) is 0 Å². The second kappa shape index (κ2) is 10.7. The van der Waals surface area contributed by atoms with Crippen molar-refractivity contribution in [2.45, 2.75) is 7.47 Å². The molecule has 0 unspecified atom stereocenters. The number of ether oxygens (including phenoxy) is 2. The average Bonchev–Trinajstić information content (AvgIpc) is 2.35. The van der Waals surface area contributed by atoms with Crippen LogP contribution in [0.5, 0.6) is 0 Å². The van der Waals surface area contributed by atoms with E-state index in [9.17, 15) is 19.7 Å². The number of hydrazine groups is 1. The molecule has 8 nitrogen and oxygen atoms in total. The molecule has 0 aromatic heterocycles. The summed E-state index contributed by atoms with van der Waals surface area (Å²) in [6.45, 7) is -0.536. The normalized spacial score (nSPS) is 10.5. The maximum absolute atomic E-state index is 11.1. The molecule has 0 heterocycles. The summed E-state index contributed by atoms with van der Waals surface area (Å²) in [5.41, 5.74) is 0. The van der Waals surface area contributed by atoms with E-state index in [4.69, 9.17) is 9.47 Å². The summed E-state index contributed by atoms with van der Waals surface area (Å²) in [6.07, 6.45) is 0. The third-order valence-corrected chi connectivity index (χ3v) is 3.27. The van der Waals surface area contributed by atoms with Crippen molar-refractivity contribution in [1.29, 1.82) is 0 Å². The van der Waals surface area contributed by atoms with Gasteiger partial charge in [0.25, 0.3) is 0 Å². The fourth-order valence-electron chi connectivity index (χ4n) is 0.904. The van der Waals surface area contributed by atoms with E-state index in [1.165, 1.54) is 0 Å². The lowest BCUT2D eigenvalue weighted by Gasteiger charge is -2.14. The molecule has 0 radical (unpaired) electrons. The van der Waals surface area contributed by atoms with Gasteiger partial charge in [0.15, 0.2) is 12.5 Å². The number of alkyl halides is 4. The van der Waals surface area contributed by atoms with Crippen molar-refractivity contribution in [3.8, 4) is 0 Å². The van der Waals surface area contributed by atoms with Gasteiger partial charge in [-0.1, -0.05) is 63.7 Å². The number of nitro groups is 1. The Hall–Kier alpha value is 0.0600. The number of carbonyl (C=O) groups excluding carboxylic acids is 2. The highest BCUT2D eigenvalue weighted by Crippen LogP contribution is 2.10. The van der Waals surface area contributed by atoms with Crippen LogP contribution in [-0.2, 0) is 19.1 Å². The first kappa shape index (κ1) is 20.1. The van der Waals surface area contributed by atoms with E-state index in [2.05, 4.69) is 63.7 Å². The first-order valence-corrected chi connectivity index (χ1v) is 8.70. The number of hydrogen-bond acceptors (Lipinski definition) is 6. The minimum Gasteiger partial charge on any atom is -0.462 e. The maximum Gasteiger partial charge on any atom is 0.330 e. The zero-order valence-electron chi connectivity index (χ0n) is 9.84. The zero-order chi connectivity index (χ0) is 15.7. The molecule has 0 bridgehead atoms. The van der Waals surface area contributed by atoms with Gasteiger partial charge < -0.3 is 9.47 Å². The predicted octanol–water partition coefficient (Wildman–Crippen LogP) is 1.80. The van der Waals surface area contributed by atoms with Gasteiger partial charge in [-0.25, -0.2) is 19.7 Å². The van der Waals surface area contributed by atoms with Crippen molar-refractivity contribution in [2.24, 2.45) is 0 Å². The lowest BCUT2D eigenvalue weighted by molar-refractivity contribution is -0.656. The van der Waals surface area contributed by atoms with Crippen LogP contribution in [-0.4, -0.2) is 55.8 Å². The molecule has 0 atom stereocenters. The lowest BCUT2D eigenvalue weighted by atomic mass is 10.5. The number of esters is 2. The molecule has 0 aromatic rings. The van der Waals surface area contributed by atoms with E-state index in [0.29, 0.717) is 0 Å². The van der Waals surface area contributed by atoms with Crippen molar-refractivity contribution in [2.75, 3.05) is 26.3 Å². The zero-order valence-corrected chi connectivity index (χ0v) is 16.2. The van der Waals surface area contributed by atoms with Crippen LogP contribution in [0, 0.1) is 10.1 Å². The monoisotopic (exact) mass is 546 g/mol. The van der Waals surface area contributed by atoms with Gasteiger partial charge >= 0.3 is 11.9 Å². The number of rotatable bonds is 9. The molecule has 0 fully saturated rings. The smallest absolute Gasteiger partial charge is 0.330 e. The van der Waals surface area contributed by atoms with E-state index < -0.39 is 24.4 Å². The van der Waals surface area contributed by atoms with Gasteiger partial charge in [-0.05, 0) is 0 Å². The molecule has 0 spiro atoms. The van der Waals surface area contributed by atoms with Crippen LogP contribution in [0.15, 0.2) is 0 Å². The fourth-order valence-corrected chi connectivity index (χ4v) is 1.43. The van der Waals surface area contributed by atoms with E-state index >= 15 is 0 Å². The van der Waals surface area contributed by atoms with Gasteiger partial charge in [0.05, 0.1) is 0 Å². The summed E-state index contributed by atoms with van der Waals surface area (Å²) in [7, 11) is 0. The fraction of sp³-hybridized carbons (Fsp3) is 0.750. The van der Waals surface area contributed by atoms with E-state index in [1.54, 1.807) is 0 Å². The third kappa shape index (κ3) is 9.08. The summed E-state index contributed by atoms with van der Waals surface area (Å²) in [5, 5.41) is 10.9. The summed E-state index contributed by atoms with van der Waals surface area (Å²) in [6, 6.07) is 0. The number of halogens is 4. The lowest BCUT2D eigenvalue weighted by Crippen LogP contribution is -2.37. The second-order valence-electron chi connectivity index (χ2n) is 3.13. The molecular formula is C8H10Br4N2O6. The van der Waals surface area contributed by atoms with E-state index in [0.717, 1.165) is 5.01 Å². The van der Waals surface area contributed by atoms with Crippen LogP contribution in [0.25, 0.3) is 0 Å². The maximum atomic E-state index is 11.1. The Kier molecular flexibility index (Phi) is 10.8. The highest BCUT2D eigenvalue weighted by molar-refractivity contribution is 9.25. The Labute approximate surface area is 148 Å². The Morgan fingerprint density at radius 1 is 1.00 bits per heavy atom. The molecule has 0 saturated heterocycles. The van der Waals surface area contributed by atoms with E-state index in [-0.39, 0.29) is 26.3 Å². The number of hydrogen-bond donors (Lipinski definition) is 0. The Balaban J connectivity index is 4.03. The SMILES string of the molecule is O=C(OCCN(CCOC(=O)C(Br)Br)[N+](=O)[O-])C(Br)Br. The summed E-state index contributed by atoms with van der Waals surface area (Å²) < 4.78 is 8.18. The standard InChI is InChI=1S/C8H10Br4N2O6/c9-5(10)7(15)19-3-1-13(14(17)18)2-4-20-8(16)6(11)12/h5-6H,1-4H2. The van der Waals surface area contributed by atoms with Gasteiger partial charge in [0, 0.05) is 0 Å². The van der Waals surface area contributed by atoms with Crippen molar-refractivity contribution in [3.63, 3.8) is 0 Å². The van der Waals surface area contributed by atoms with Crippen LogP contribution in [0.4, 0.5) is 0 Å². The molecule has 0 aromatic carbocycles. The molecule has 0 saturated carbocycles. The van der Waals surface area contributed by atoms with Gasteiger partial charge in [-0.15, -0.1) is 5.01 Å². The largest absolute Gasteiger partial charge is 0.462 e. The molecule has 116 valence electrons. The highest BCUT2D eigenvalue weighted by Gasteiger charge is 2.18. The van der Waals surface area contributed by atoms with Gasteiger partial charge in [-0.3, -0.25) is 0 Å². The molecule has 0 N–H and O–H groups in total. The molecule has 20 heavy (non-hydrogen) atoms. The molecule has 0 aliphatic carbocycles. The highest BCUT2D eigenvalue weighted by atomic mass is 79.9. The van der Waals surface area contributed by atoms with E-state index in [1.807, 2.05) is 0 Å². The van der Waals surface area contributed by atoms with Crippen LogP contribution in [0.1, 0.15) is 0 Å². The molecule has 0 aliphatic rings. The first-order chi connectivity index (χ1) is 9.25.